The number of imidazole rings is 1. The molecule has 174 valence electrons. The number of hydrogen-bond acceptors (Lipinski definition) is 5. The highest BCUT2D eigenvalue weighted by Gasteiger charge is 2.45. The topological polar surface area (TPSA) is 75.9 Å². The minimum absolute atomic E-state index is 0.0359. The van der Waals surface area contributed by atoms with Gasteiger partial charge in [-0.3, -0.25) is 4.79 Å². The zero-order chi connectivity index (χ0) is 23.5. The first-order valence-corrected chi connectivity index (χ1v) is 11.0. The van der Waals surface area contributed by atoms with Crippen molar-refractivity contribution in [3.8, 4) is 0 Å². The molecule has 0 saturated carbocycles. The molecule has 33 heavy (non-hydrogen) atoms. The third-order valence-electron chi connectivity index (χ3n) is 6.63. The van der Waals surface area contributed by atoms with E-state index in [0.29, 0.717) is 29.2 Å². The highest BCUT2D eigenvalue weighted by molar-refractivity contribution is 6.31. The summed E-state index contributed by atoms with van der Waals surface area (Å²) in [5.41, 5.74) is 1.55. The van der Waals surface area contributed by atoms with Gasteiger partial charge in [0.25, 0.3) is 0 Å². The number of benzene rings is 1. The Labute approximate surface area is 193 Å². The van der Waals surface area contributed by atoms with Crippen LogP contribution in [-0.4, -0.2) is 56.5 Å². The maximum Gasteiger partial charge on any atom is 0.417 e. The van der Waals surface area contributed by atoms with Crippen LogP contribution in [0, 0.1) is 12.8 Å². The molecule has 1 amide bonds. The maximum absolute atomic E-state index is 13.0. The predicted octanol–water partition coefficient (Wildman–Crippen LogP) is 3.39. The van der Waals surface area contributed by atoms with Gasteiger partial charge in [-0.05, 0) is 43.5 Å². The van der Waals surface area contributed by atoms with Crippen molar-refractivity contribution in [3.63, 3.8) is 0 Å². The van der Waals surface area contributed by atoms with Crippen LogP contribution in [0.1, 0.15) is 35.0 Å². The lowest BCUT2D eigenvalue weighted by Crippen LogP contribution is -2.53. The van der Waals surface area contributed by atoms with E-state index in [0.717, 1.165) is 24.7 Å². The zero-order valence-corrected chi connectivity index (χ0v) is 18.8. The van der Waals surface area contributed by atoms with E-state index in [9.17, 15) is 18.0 Å². The Morgan fingerprint density at radius 1 is 1.27 bits per heavy atom. The van der Waals surface area contributed by atoms with Crippen LogP contribution < -0.4 is 5.32 Å². The summed E-state index contributed by atoms with van der Waals surface area (Å²) in [6.07, 6.45) is -1.90. The van der Waals surface area contributed by atoms with E-state index in [2.05, 4.69) is 15.3 Å². The molecule has 11 heteroatoms. The monoisotopic (exact) mass is 478 g/mol. The number of likely N-dealkylation sites (N-methyl/N-ethyl adjacent to an activating group) is 1. The first-order valence-electron chi connectivity index (χ1n) is 10.7. The van der Waals surface area contributed by atoms with Crippen LogP contribution in [0.4, 0.5) is 13.2 Å². The zero-order valence-electron chi connectivity index (χ0n) is 18.0. The fourth-order valence-electron chi connectivity index (χ4n) is 4.95. The molecular weight excluding hydrogens is 457 g/mol. The van der Waals surface area contributed by atoms with Crippen LogP contribution in [0.2, 0.25) is 5.02 Å². The van der Waals surface area contributed by atoms with Crippen molar-refractivity contribution >= 4 is 28.8 Å². The number of nitrogens with one attached hydrogen (secondary N) is 1. The SMILES string of the molecule is Cc1nc2ncc(C3CN(C)C(=O)C4NCCC43)nc2n1Cc1ccc(C(F)(F)F)c(Cl)c1. The molecule has 7 nitrogen and oxygen atoms in total. The summed E-state index contributed by atoms with van der Waals surface area (Å²) >= 11 is 5.91. The summed E-state index contributed by atoms with van der Waals surface area (Å²) < 4.78 is 41.0. The number of nitrogens with zero attached hydrogens (tertiary/aromatic N) is 5. The molecule has 2 aliphatic rings. The number of piperidine rings is 1. The van der Waals surface area contributed by atoms with Gasteiger partial charge in [0.2, 0.25) is 5.91 Å². The minimum atomic E-state index is -4.50. The Balaban J connectivity index is 1.50. The summed E-state index contributed by atoms with van der Waals surface area (Å²) in [4.78, 5) is 28.1. The standard InChI is InChI=1S/C22H22ClF3N6O/c1-11-29-19-20(32(11)9-12-3-4-15(16(23)7-12)22(24,25)26)30-17(8-28-19)14-10-31(2)21(33)18-13(14)5-6-27-18/h3-4,7-8,13-14,18,27H,5-6,9-10H2,1-2H3. The molecule has 1 aromatic carbocycles. The molecule has 0 spiro atoms. The molecule has 3 aromatic rings. The third kappa shape index (κ3) is 3.85. The van der Waals surface area contributed by atoms with E-state index in [1.165, 1.54) is 12.1 Å². The molecule has 3 unspecified atom stereocenters. The predicted molar refractivity (Wildman–Crippen MR) is 116 cm³/mol. The summed E-state index contributed by atoms with van der Waals surface area (Å²) in [5.74, 6) is 0.929. The van der Waals surface area contributed by atoms with Gasteiger partial charge in [-0.1, -0.05) is 17.7 Å². The Morgan fingerprint density at radius 3 is 2.79 bits per heavy atom. The van der Waals surface area contributed by atoms with Gasteiger partial charge < -0.3 is 14.8 Å². The van der Waals surface area contributed by atoms with Gasteiger partial charge >= 0.3 is 6.18 Å². The van der Waals surface area contributed by atoms with Crippen molar-refractivity contribution in [2.45, 2.75) is 38.0 Å². The number of hydrogen-bond donors (Lipinski definition) is 1. The Bertz CT molecular complexity index is 1240. The fourth-order valence-corrected chi connectivity index (χ4v) is 5.26. The smallest absolute Gasteiger partial charge is 0.344 e. The lowest BCUT2D eigenvalue weighted by molar-refractivity contribution is -0.137. The summed E-state index contributed by atoms with van der Waals surface area (Å²) in [6.45, 7) is 3.41. The van der Waals surface area contributed by atoms with Crippen LogP contribution in [0.5, 0.6) is 0 Å². The molecule has 2 fully saturated rings. The number of rotatable bonds is 3. The number of fused-ring (bicyclic) bond motifs is 2. The second-order valence-corrected chi connectivity index (χ2v) is 9.12. The summed E-state index contributed by atoms with van der Waals surface area (Å²) in [6, 6.07) is 3.51. The molecule has 2 aromatic heterocycles. The van der Waals surface area contributed by atoms with Gasteiger partial charge in [0.1, 0.15) is 5.82 Å². The average molecular weight is 479 g/mol. The molecule has 3 atom stereocenters. The van der Waals surface area contributed by atoms with Crippen LogP contribution in [-0.2, 0) is 17.5 Å². The normalized spacial score (nSPS) is 23.4. The Morgan fingerprint density at radius 2 is 2.06 bits per heavy atom. The van der Waals surface area contributed by atoms with Crippen molar-refractivity contribution in [1.82, 2.24) is 29.7 Å². The lowest BCUT2D eigenvalue weighted by atomic mass is 9.80. The fraction of sp³-hybridized carbons (Fsp3) is 0.455. The molecule has 0 aliphatic carbocycles. The van der Waals surface area contributed by atoms with Crippen molar-refractivity contribution in [2.75, 3.05) is 20.1 Å². The number of aromatic nitrogens is 4. The highest BCUT2D eigenvalue weighted by atomic mass is 35.5. The van der Waals surface area contributed by atoms with Crippen molar-refractivity contribution in [3.05, 3.63) is 52.1 Å². The van der Waals surface area contributed by atoms with Crippen LogP contribution in [0.25, 0.3) is 11.3 Å². The van der Waals surface area contributed by atoms with Crippen LogP contribution >= 0.6 is 11.6 Å². The van der Waals surface area contributed by atoms with Gasteiger partial charge in [0.15, 0.2) is 11.3 Å². The van der Waals surface area contributed by atoms with Crippen molar-refractivity contribution in [1.29, 1.82) is 0 Å². The maximum atomic E-state index is 13.0. The van der Waals surface area contributed by atoms with E-state index in [1.54, 1.807) is 25.1 Å². The number of aryl methyl sites for hydroxylation is 1. The molecule has 5 rings (SSSR count). The third-order valence-corrected chi connectivity index (χ3v) is 6.94. The molecule has 2 aliphatic heterocycles. The first-order chi connectivity index (χ1) is 15.6. The van der Waals surface area contributed by atoms with Crippen molar-refractivity contribution < 1.29 is 18.0 Å². The minimum Gasteiger partial charge on any atom is -0.344 e. The number of halogens is 4. The van der Waals surface area contributed by atoms with E-state index in [1.807, 2.05) is 4.57 Å². The van der Waals surface area contributed by atoms with Gasteiger partial charge in [-0.2, -0.15) is 13.2 Å². The van der Waals surface area contributed by atoms with Crippen LogP contribution in [0.3, 0.4) is 0 Å². The van der Waals surface area contributed by atoms with E-state index in [-0.39, 0.29) is 35.4 Å². The van der Waals surface area contributed by atoms with E-state index >= 15 is 0 Å². The molecule has 0 radical (unpaired) electrons. The second-order valence-electron chi connectivity index (χ2n) is 8.71. The van der Waals surface area contributed by atoms with Gasteiger partial charge in [0.05, 0.1) is 35.1 Å². The molecular formula is C22H22ClF3N6O. The molecule has 1 N–H and O–H groups in total. The molecule has 0 bridgehead atoms. The number of amides is 1. The van der Waals surface area contributed by atoms with Gasteiger partial charge in [-0.15, -0.1) is 0 Å². The number of likely N-dealkylation sites (tertiary alicyclic amines) is 1. The number of alkyl halides is 3. The first kappa shape index (κ1) is 22.1. The largest absolute Gasteiger partial charge is 0.417 e. The van der Waals surface area contributed by atoms with E-state index < -0.39 is 11.7 Å². The van der Waals surface area contributed by atoms with E-state index in [4.69, 9.17) is 16.6 Å². The average Bonchev–Trinajstić information content (AvgIpc) is 3.35. The summed E-state index contributed by atoms with van der Waals surface area (Å²) in [5, 5.41) is 2.95. The Hall–Kier alpha value is -2.72. The van der Waals surface area contributed by atoms with Crippen molar-refractivity contribution in [2.24, 2.45) is 5.92 Å². The lowest BCUT2D eigenvalue weighted by Gasteiger charge is -2.37. The number of carbonyl (C=O) groups is 1. The molecule has 4 heterocycles. The quantitative estimate of drug-likeness (QED) is 0.624. The number of carbonyl (C=O) groups excluding carboxylic acids is 1. The second kappa shape index (κ2) is 7.95. The van der Waals surface area contributed by atoms with Crippen LogP contribution in [0.15, 0.2) is 24.4 Å². The van der Waals surface area contributed by atoms with Gasteiger partial charge in [0, 0.05) is 19.5 Å². The van der Waals surface area contributed by atoms with Gasteiger partial charge in [-0.25, -0.2) is 15.0 Å². The molecule has 2 saturated heterocycles. The highest BCUT2D eigenvalue weighted by Crippen LogP contribution is 2.37. The summed E-state index contributed by atoms with van der Waals surface area (Å²) in [7, 11) is 1.79. The Kier molecular flexibility index (Phi) is 5.32.